The molecule has 2 aromatic rings. The van der Waals surface area contributed by atoms with E-state index in [2.05, 4.69) is 0 Å². The Morgan fingerprint density at radius 2 is 1.93 bits per heavy atom. The number of hydrazine groups is 1. The number of nitrogens with two attached hydrogens (primary N) is 1. The minimum absolute atomic E-state index is 0.0939. The molecule has 0 saturated heterocycles. The summed E-state index contributed by atoms with van der Waals surface area (Å²) in [4.78, 5) is 27.1. The number of para-hydroxylation sites is 1. The van der Waals surface area contributed by atoms with E-state index in [0.29, 0.717) is 39.7 Å². The minimum atomic E-state index is -0.372. The summed E-state index contributed by atoms with van der Waals surface area (Å²) in [6.07, 6.45) is 0.401. The van der Waals surface area contributed by atoms with Gasteiger partial charge in [-0.25, -0.2) is 5.84 Å². The average Bonchev–Trinajstić information content (AvgIpc) is 2.96. The van der Waals surface area contributed by atoms with Crippen LogP contribution in [-0.4, -0.2) is 28.5 Å². The fraction of sp³-hybridized carbons (Fsp3) is 0.200. The molecule has 0 aromatic heterocycles. The predicted octanol–water partition coefficient (Wildman–Crippen LogP) is 3.22. The molecule has 1 heterocycles. The second kappa shape index (κ2) is 7.92. The molecule has 0 spiro atoms. The Morgan fingerprint density at radius 1 is 1.22 bits per heavy atom. The zero-order valence-corrected chi connectivity index (χ0v) is 15.6. The monoisotopic (exact) mass is 385 g/mol. The summed E-state index contributed by atoms with van der Waals surface area (Å²) in [6, 6.07) is 14.4. The molecule has 0 unspecified atom stereocenters. The highest BCUT2D eigenvalue weighted by atomic mass is 35.5. The summed E-state index contributed by atoms with van der Waals surface area (Å²) in [5.41, 5.74) is 2.69. The lowest BCUT2D eigenvalue weighted by atomic mass is 10.1. The van der Waals surface area contributed by atoms with Crippen molar-refractivity contribution >= 4 is 40.4 Å². The van der Waals surface area contributed by atoms with Crippen molar-refractivity contribution in [1.82, 2.24) is 5.01 Å². The summed E-state index contributed by atoms with van der Waals surface area (Å²) in [6.45, 7) is 1.53. The number of anilines is 2. The number of hydrogen-bond donors (Lipinski definition) is 2. The third-order valence-electron chi connectivity index (χ3n) is 4.44. The first-order chi connectivity index (χ1) is 13.0. The smallest absolute Gasteiger partial charge is 0.265 e. The highest BCUT2D eigenvalue weighted by molar-refractivity contribution is 6.37. The van der Waals surface area contributed by atoms with Gasteiger partial charge in [-0.1, -0.05) is 29.8 Å². The molecule has 0 fully saturated rings. The van der Waals surface area contributed by atoms with Crippen LogP contribution in [0.15, 0.2) is 54.2 Å². The van der Waals surface area contributed by atoms with Gasteiger partial charge in [0.1, 0.15) is 0 Å². The minimum Gasteiger partial charge on any atom is -0.396 e. The van der Waals surface area contributed by atoms with Gasteiger partial charge in [-0.15, -0.1) is 0 Å². The first-order valence-corrected chi connectivity index (χ1v) is 8.92. The summed E-state index contributed by atoms with van der Waals surface area (Å²) in [5.74, 6) is 5.32. The molecule has 3 N–H and O–H groups in total. The van der Waals surface area contributed by atoms with Gasteiger partial charge in [0.05, 0.1) is 11.3 Å². The van der Waals surface area contributed by atoms with Crippen molar-refractivity contribution in [2.24, 2.45) is 5.84 Å². The highest BCUT2D eigenvalue weighted by Crippen LogP contribution is 2.44. The summed E-state index contributed by atoms with van der Waals surface area (Å²) in [5, 5.41) is 10.4. The van der Waals surface area contributed by atoms with Crippen molar-refractivity contribution in [3.8, 4) is 0 Å². The molecule has 1 aliphatic rings. The van der Waals surface area contributed by atoms with Gasteiger partial charge in [0.25, 0.3) is 5.91 Å². The number of carbonyl (C=O) groups is 2. The Morgan fingerprint density at radius 3 is 2.59 bits per heavy atom. The molecule has 6 nitrogen and oxygen atoms in total. The van der Waals surface area contributed by atoms with Crippen LogP contribution in [0.25, 0.3) is 5.57 Å². The number of carbonyl (C=O) groups excluding carboxylic acids is 2. The zero-order chi connectivity index (χ0) is 19.6. The lowest BCUT2D eigenvalue weighted by molar-refractivity contribution is -0.129. The number of amides is 2. The third-order valence-corrected chi connectivity index (χ3v) is 4.68. The summed E-state index contributed by atoms with van der Waals surface area (Å²) < 4.78 is 0. The number of nitrogens with zero attached hydrogens (tertiary/aromatic N) is 2. The second-order valence-corrected chi connectivity index (χ2v) is 6.63. The molecular weight excluding hydrogens is 366 g/mol. The molecule has 1 aliphatic heterocycles. The summed E-state index contributed by atoms with van der Waals surface area (Å²) in [7, 11) is 0. The lowest BCUT2D eigenvalue weighted by Crippen LogP contribution is -2.37. The van der Waals surface area contributed by atoms with Gasteiger partial charge >= 0.3 is 0 Å². The average molecular weight is 386 g/mol. The zero-order valence-electron chi connectivity index (χ0n) is 14.9. The van der Waals surface area contributed by atoms with E-state index in [1.165, 1.54) is 0 Å². The normalized spacial score (nSPS) is 15.0. The number of aliphatic hydroxyl groups excluding tert-OH is 1. The Hall–Kier alpha value is -2.67. The molecule has 140 valence electrons. The van der Waals surface area contributed by atoms with E-state index in [1.54, 1.807) is 30.0 Å². The Labute approximate surface area is 162 Å². The maximum absolute atomic E-state index is 13.2. The fourth-order valence-electron chi connectivity index (χ4n) is 3.08. The van der Waals surface area contributed by atoms with Gasteiger partial charge in [0, 0.05) is 35.0 Å². The SMILES string of the molecule is C/C(=C1/C(=O)N(c2ccccc2)c2ccc(Cl)cc21)N(N)C(=O)CCCO. The van der Waals surface area contributed by atoms with Crippen LogP contribution in [0, 0.1) is 0 Å². The Kier molecular flexibility index (Phi) is 5.60. The molecule has 0 bridgehead atoms. The number of halogens is 1. The Bertz CT molecular complexity index is 912. The van der Waals surface area contributed by atoms with Crippen LogP contribution >= 0.6 is 11.6 Å². The van der Waals surface area contributed by atoms with E-state index < -0.39 is 0 Å². The number of benzene rings is 2. The van der Waals surface area contributed by atoms with Crippen molar-refractivity contribution in [3.63, 3.8) is 0 Å². The molecule has 2 aromatic carbocycles. The second-order valence-electron chi connectivity index (χ2n) is 6.19. The van der Waals surface area contributed by atoms with Crippen molar-refractivity contribution < 1.29 is 14.7 Å². The van der Waals surface area contributed by atoms with Gasteiger partial charge in [0.2, 0.25) is 5.91 Å². The van der Waals surface area contributed by atoms with Crippen LogP contribution in [0.3, 0.4) is 0 Å². The van der Waals surface area contributed by atoms with E-state index in [9.17, 15) is 9.59 Å². The maximum atomic E-state index is 13.2. The van der Waals surface area contributed by atoms with Gasteiger partial charge in [-0.3, -0.25) is 19.5 Å². The topological polar surface area (TPSA) is 86.9 Å². The first-order valence-electron chi connectivity index (χ1n) is 8.54. The number of hydrogen-bond acceptors (Lipinski definition) is 4. The van der Waals surface area contributed by atoms with Crippen molar-refractivity contribution in [2.75, 3.05) is 11.5 Å². The van der Waals surface area contributed by atoms with Gasteiger partial charge in [0.15, 0.2) is 0 Å². The van der Waals surface area contributed by atoms with E-state index in [1.807, 2.05) is 30.3 Å². The van der Waals surface area contributed by atoms with Crippen LogP contribution in [0.5, 0.6) is 0 Å². The molecule has 0 atom stereocenters. The lowest BCUT2D eigenvalue weighted by Gasteiger charge is -2.20. The quantitative estimate of drug-likeness (QED) is 0.358. The largest absolute Gasteiger partial charge is 0.396 e. The Balaban J connectivity index is 2.10. The van der Waals surface area contributed by atoms with Crippen LogP contribution < -0.4 is 10.7 Å². The standard InChI is InChI=1S/C20H20ClN3O3/c1-13(24(22)18(26)8-5-11-25)19-16-12-14(21)9-10-17(16)23(20(19)27)15-6-3-2-4-7-15/h2-4,6-7,9-10,12,25H,5,8,11,22H2,1H3/b19-13-. The molecule has 27 heavy (non-hydrogen) atoms. The number of fused-ring (bicyclic) bond motifs is 1. The molecule has 0 saturated carbocycles. The van der Waals surface area contributed by atoms with Crippen LogP contribution in [0.2, 0.25) is 5.02 Å². The molecular formula is C20H20ClN3O3. The van der Waals surface area contributed by atoms with Crippen molar-refractivity contribution in [1.29, 1.82) is 0 Å². The molecule has 3 rings (SSSR count). The third kappa shape index (κ3) is 3.60. The van der Waals surface area contributed by atoms with Crippen molar-refractivity contribution in [2.45, 2.75) is 19.8 Å². The van der Waals surface area contributed by atoms with Crippen LogP contribution in [0.1, 0.15) is 25.3 Å². The fourth-order valence-corrected chi connectivity index (χ4v) is 3.25. The first kappa shape index (κ1) is 19.1. The number of allylic oxidation sites excluding steroid dienone is 1. The molecule has 2 amide bonds. The number of aliphatic hydroxyl groups is 1. The highest BCUT2D eigenvalue weighted by Gasteiger charge is 2.36. The number of rotatable bonds is 5. The maximum Gasteiger partial charge on any atom is 0.265 e. The van der Waals surface area contributed by atoms with Gasteiger partial charge in [-0.05, 0) is 43.7 Å². The van der Waals surface area contributed by atoms with Crippen LogP contribution in [-0.2, 0) is 9.59 Å². The molecule has 0 radical (unpaired) electrons. The summed E-state index contributed by atoms with van der Waals surface area (Å²) >= 11 is 6.15. The predicted molar refractivity (Wildman–Crippen MR) is 105 cm³/mol. The molecule has 0 aliphatic carbocycles. The van der Waals surface area contributed by atoms with E-state index >= 15 is 0 Å². The van der Waals surface area contributed by atoms with E-state index in [-0.39, 0.29) is 24.8 Å². The van der Waals surface area contributed by atoms with Gasteiger partial charge in [-0.2, -0.15) is 0 Å². The van der Waals surface area contributed by atoms with E-state index in [0.717, 1.165) is 5.01 Å². The van der Waals surface area contributed by atoms with Gasteiger partial charge < -0.3 is 5.11 Å². The van der Waals surface area contributed by atoms with E-state index in [4.69, 9.17) is 22.6 Å². The molecule has 7 heteroatoms. The van der Waals surface area contributed by atoms with Crippen molar-refractivity contribution in [3.05, 3.63) is 64.8 Å². The van der Waals surface area contributed by atoms with Crippen LogP contribution in [0.4, 0.5) is 11.4 Å².